The monoisotopic (exact) mass is 287 g/mol. The summed E-state index contributed by atoms with van der Waals surface area (Å²) in [5, 5.41) is 3.49. The maximum atomic E-state index is 5.73. The summed E-state index contributed by atoms with van der Waals surface area (Å²) >= 11 is 0. The van der Waals surface area contributed by atoms with Crippen LogP contribution in [0.1, 0.15) is 44.9 Å². The molecule has 3 rings (SSSR count). The number of ether oxygens (including phenoxy) is 1. The molecule has 0 amide bonds. The highest BCUT2D eigenvalue weighted by atomic mass is 16.5. The highest BCUT2D eigenvalue weighted by Gasteiger charge is 2.21. The molecule has 0 spiro atoms. The van der Waals surface area contributed by atoms with Gasteiger partial charge in [0, 0.05) is 25.1 Å². The molecule has 0 radical (unpaired) electrons. The molecule has 1 aliphatic heterocycles. The Labute approximate surface area is 126 Å². The lowest BCUT2D eigenvalue weighted by atomic mass is 9.99. The number of nitrogens with one attached hydrogen (secondary N) is 1. The second kappa shape index (κ2) is 6.48. The lowest BCUT2D eigenvalue weighted by Crippen LogP contribution is -2.30. The molecular formula is C17H25N3O. The summed E-state index contributed by atoms with van der Waals surface area (Å²) in [5.41, 5.74) is 2.29. The van der Waals surface area contributed by atoms with Crippen LogP contribution in [-0.4, -0.2) is 29.2 Å². The minimum atomic E-state index is 0.533. The zero-order chi connectivity index (χ0) is 14.7. The van der Waals surface area contributed by atoms with E-state index in [1.54, 1.807) is 0 Å². The van der Waals surface area contributed by atoms with Crippen molar-refractivity contribution in [3.05, 3.63) is 24.0 Å². The number of aryl methyl sites for hydroxylation is 1. The van der Waals surface area contributed by atoms with E-state index < -0.39 is 0 Å². The van der Waals surface area contributed by atoms with E-state index in [4.69, 9.17) is 9.72 Å². The summed E-state index contributed by atoms with van der Waals surface area (Å²) in [4.78, 5) is 4.92. The molecule has 1 aromatic heterocycles. The van der Waals surface area contributed by atoms with Crippen molar-refractivity contribution in [2.45, 2.75) is 45.6 Å². The van der Waals surface area contributed by atoms with E-state index in [2.05, 4.69) is 41.9 Å². The van der Waals surface area contributed by atoms with Crippen molar-refractivity contribution in [2.24, 2.45) is 0 Å². The molecular weight excluding hydrogens is 262 g/mol. The second-order valence-corrected chi connectivity index (χ2v) is 5.76. The zero-order valence-electron chi connectivity index (χ0n) is 13.1. The Kier molecular flexibility index (Phi) is 4.44. The van der Waals surface area contributed by atoms with E-state index in [9.17, 15) is 0 Å². The average Bonchev–Trinajstić information content (AvgIpc) is 2.91. The van der Waals surface area contributed by atoms with Gasteiger partial charge in [-0.05, 0) is 44.9 Å². The van der Waals surface area contributed by atoms with Crippen molar-refractivity contribution in [1.29, 1.82) is 0 Å². The SMILES string of the molecule is CCCOc1ccc2c(c1)nc(C1CCCNC1)n2CC. The van der Waals surface area contributed by atoms with Crippen LogP contribution in [0.15, 0.2) is 18.2 Å². The van der Waals surface area contributed by atoms with E-state index in [1.807, 2.05) is 0 Å². The smallest absolute Gasteiger partial charge is 0.121 e. The summed E-state index contributed by atoms with van der Waals surface area (Å²) in [6.07, 6.45) is 3.50. The third-order valence-corrected chi connectivity index (χ3v) is 4.20. The molecule has 4 heteroatoms. The first kappa shape index (κ1) is 14.4. The largest absolute Gasteiger partial charge is 0.494 e. The molecule has 4 nitrogen and oxygen atoms in total. The van der Waals surface area contributed by atoms with Crippen LogP contribution in [0.25, 0.3) is 11.0 Å². The maximum absolute atomic E-state index is 5.73. The quantitative estimate of drug-likeness (QED) is 0.917. The van der Waals surface area contributed by atoms with Gasteiger partial charge in [0.1, 0.15) is 11.6 Å². The van der Waals surface area contributed by atoms with Crippen LogP contribution in [0, 0.1) is 0 Å². The summed E-state index contributed by atoms with van der Waals surface area (Å²) < 4.78 is 8.09. The van der Waals surface area contributed by atoms with Crippen molar-refractivity contribution in [3.63, 3.8) is 0 Å². The van der Waals surface area contributed by atoms with Crippen LogP contribution in [0.3, 0.4) is 0 Å². The van der Waals surface area contributed by atoms with E-state index in [0.29, 0.717) is 5.92 Å². The first-order chi connectivity index (χ1) is 10.3. The summed E-state index contributed by atoms with van der Waals surface area (Å²) in [7, 11) is 0. The van der Waals surface area contributed by atoms with Gasteiger partial charge in [0.25, 0.3) is 0 Å². The van der Waals surface area contributed by atoms with Gasteiger partial charge < -0.3 is 14.6 Å². The topological polar surface area (TPSA) is 39.1 Å². The lowest BCUT2D eigenvalue weighted by molar-refractivity contribution is 0.318. The van der Waals surface area contributed by atoms with Crippen LogP contribution in [0.4, 0.5) is 0 Å². The van der Waals surface area contributed by atoms with Gasteiger partial charge in [-0.3, -0.25) is 0 Å². The Morgan fingerprint density at radius 2 is 2.29 bits per heavy atom. The van der Waals surface area contributed by atoms with Crippen molar-refractivity contribution in [2.75, 3.05) is 19.7 Å². The number of fused-ring (bicyclic) bond motifs is 1. The molecule has 1 atom stereocenters. The van der Waals surface area contributed by atoms with Crippen molar-refractivity contribution >= 4 is 11.0 Å². The van der Waals surface area contributed by atoms with E-state index in [0.717, 1.165) is 43.9 Å². The van der Waals surface area contributed by atoms with Gasteiger partial charge in [0.2, 0.25) is 0 Å². The molecule has 2 aromatic rings. The van der Waals surface area contributed by atoms with Crippen LogP contribution in [-0.2, 0) is 6.54 Å². The molecule has 21 heavy (non-hydrogen) atoms. The van der Waals surface area contributed by atoms with Gasteiger partial charge in [0.05, 0.1) is 17.6 Å². The van der Waals surface area contributed by atoms with E-state index >= 15 is 0 Å². The highest BCUT2D eigenvalue weighted by molar-refractivity contribution is 5.78. The fraction of sp³-hybridized carbons (Fsp3) is 0.588. The molecule has 1 unspecified atom stereocenters. The average molecular weight is 287 g/mol. The molecule has 0 aliphatic carbocycles. The standard InChI is InChI=1S/C17H25N3O/c1-3-10-21-14-7-8-16-15(11-14)19-17(20(16)4-2)13-6-5-9-18-12-13/h7-8,11,13,18H,3-6,9-10,12H2,1-2H3. The zero-order valence-corrected chi connectivity index (χ0v) is 13.1. The van der Waals surface area contributed by atoms with Crippen LogP contribution < -0.4 is 10.1 Å². The molecule has 2 heterocycles. The fourth-order valence-corrected chi connectivity index (χ4v) is 3.15. The predicted molar refractivity (Wildman–Crippen MR) is 86.0 cm³/mol. The predicted octanol–water partition coefficient (Wildman–Crippen LogP) is 3.31. The second-order valence-electron chi connectivity index (χ2n) is 5.76. The van der Waals surface area contributed by atoms with Gasteiger partial charge in [-0.1, -0.05) is 6.92 Å². The Morgan fingerprint density at radius 1 is 1.38 bits per heavy atom. The van der Waals surface area contributed by atoms with Crippen molar-refractivity contribution < 1.29 is 4.74 Å². The Hall–Kier alpha value is -1.55. The Balaban J connectivity index is 1.96. The van der Waals surface area contributed by atoms with Gasteiger partial charge in [0.15, 0.2) is 0 Å². The van der Waals surface area contributed by atoms with E-state index in [-0.39, 0.29) is 0 Å². The highest BCUT2D eigenvalue weighted by Crippen LogP contribution is 2.28. The molecule has 114 valence electrons. The number of hydrogen-bond acceptors (Lipinski definition) is 3. The molecule has 1 N–H and O–H groups in total. The number of aromatic nitrogens is 2. The molecule has 1 aliphatic rings. The van der Waals surface area contributed by atoms with Crippen LogP contribution >= 0.6 is 0 Å². The minimum absolute atomic E-state index is 0.533. The number of hydrogen-bond donors (Lipinski definition) is 1. The third kappa shape index (κ3) is 2.91. The Morgan fingerprint density at radius 3 is 3.00 bits per heavy atom. The minimum Gasteiger partial charge on any atom is -0.494 e. The number of imidazole rings is 1. The Bertz CT molecular complexity index is 599. The number of piperidine rings is 1. The summed E-state index contributed by atoms with van der Waals surface area (Å²) in [6.45, 7) is 8.23. The first-order valence-electron chi connectivity index (χ1n) is 8.17. The maximum Gasteiger partial charge on any atom is 0.121 e. The lowest BCUT2D eigenvalue weighted by Gasteiger charge is -2.22. The van der Waals surface area contributed by atoms with Gasteiger partial charge in [-0.2, -0.15) is 0 Å². The summed E-state index contributed by atoms with van der Waals surface area (Å²) in [6, 6.07) is 6.29. The molecule has 1 fully saturated rings. The van der Waals surface area contributed by atoms with E-state index in [1.165, 1.54) is 24.2 Å². The first-order valence-corrected chi connectivity index (χ1v) is 8.17. The van der Waals surface area contributed by atoms with Crippen molar-refractivity contribution in [1.82, 2.24) is 14.9 Å². The molecule has 1 saturated heterocycles. The van der Waals surface area contributed by atoms with Gasteiger partial charge in [-0.25, -0.2) is 4.98 Å². The number of benzene rings is 1. The number of rotatable bonds is 5. The molecule has 0 saturated carbocycles. The summed E-state index contributed by atoms with van der Waals surface area (Å²) in [5.74, 6) is 2.69. The normalized spacial score (nSPS) is 19.0. The fourth-order valence-electron chi connectivity index (χ4n) is 3.15. The van der Waals surface area contributed by atoms with Crippen LogP contribution in [0.2, 0.25) is 0 Å². The van der Waals surface area contributed by atoms with Crippen LogP contribution in [0.5, 0.6) is 5.75 Å². The van der Waals surface area contributed by atoms with Gasteiger partial charge >= 0.3 is 0 Å². The number of nitrogens with zero attached hydrogens (tertiary/aromatic N) is 2. The van der Waals surface area contributed by atoms with Crippen molar-refractivity contribution in [3.8, 4) is 5.75 Å². The molecule has 0 bridgehead atoms. The van der Waals surface area contributed by atoms with Gasteiger partial charge in [-0.15, -0.1) is 0 Å². The molecule has 1 aromatic carbocycles. The third-order valence-electron chi connectivity index (χ3n) is 4.20.